The van der Waals surface area contributed by atoms with Crippen LogP contribution in [-0.2, 0) is 9.59 Å². The van der Waals surface area contributed by atoms with Gasteiger partial charge in [0, 0.05) is 36.8 Å². The molecule has 2 rings (SSSR count). The van der Waals surface area contributed by atoms with E-state index < -0.39 is 0 Å². The number of carbonyl (C=O) groups is 2. The molecule has 1 aromatic carbocycles. The maximum Gasteiger partial charge on any atom is 0.228 e. The molecule has 0 bridgehead atoms. The van der Waals surface area contributed by atoms with Gasteiger partial charge < -0.3 is 9.80 Å². The number of unbranched alkanes of at least 4 members (excludes halogenated alkanes) is 1. The summed E-state index contributed by atoms with van der Waals surface area (Å²) in [6, 6.07) is 5.59. The van der Waals surface area contributed by atoms with Gasteiger partial charge in [0.15, 0.2) is 0 Å². The van der Waals surface area contributed by atoms with Crippen molar-refractivity contribution in [3.63, 3.8) is 0 Å². The van der Waals surface area contributed by atoms with E-state index in [-0.39, 0.29) is 24.2 Å². The van der Waals surface area contributed by atoms with E-state index >= 15 is 0 Å². The number of nitrogens with zero attached hydrogens (tertiary/aromatic N) is 2. The average molecular weight is 337 g/mol. The zero-order chi connectivity index (χ0) is 17.0. The number of anilines is 1. The zero-order valence-electron chi connectivity index (χ0n) is 14.1. The van der Waals surface area contributed by atoms with Crippen molar-refractivity contribution in [2.75, 3.05) is 24.5 Å². The number of amides is 2. The van der Waals surface area contributed by atoms with Crippen molar-refractivity contribution < 1.29 is 9.59 Å². The molecule has 1 aliphatic heterocycles. The molecule has 1 aliphatic rings. The topological polar surface area (TPSA) is 40.6 Å². The Labute approximate surface area is 143 Å². The van der Waals surface area contributed by atoms with Gasteiger partial charge in [-0.25, -0.2) is 0 Å². The van der Waals surface area contributed by atoms with Crippen LogP contribution in [0.3, 0.4) is 0 Å². The lowest BCUT2D eigenvalue weighted by Crippen LogP contribution is -2.38. The first-order chi connectivity index (χ1) is 11.0. The quantitative estimate of drug-likeness (QED) is 0.795. The van der Waals surface area contributed by atoms with Gasteiger partial charge in [-0.15, -0.1) is 0 Å². The van der Waals surface area contributed by atoms with E-state index in [9.17, 15) is 9.59 Å². The molecule has 126 valence electrons. The molecule has 5 heteroatoms. The third kappa shape index (κ3) is 4.05. The Bertz CT molecular complexity index is 588. The van der Waals surface area contributed by atoms with Crippen LogP contribution in [0.4, 0.5) is 5.69 Å². The summed E-state index contributed by atoms with van der Waals surface area (Å²) in [5.74, 6) is -0.163. The van der Waals surface area contributed by atoms with E-state index in [1.165, 1.54) is 0 Å². The second kappa shape index (κ2) is 7.82. The molecule has 0 unspecified atom stereocenters. The Kier molecular flexibility index (Phi) is 6.05. The highest BCUT2D eigenvalue weighted by molar-refractivity contribution is 6.31. The Morgan fingerprint density at radius 3 is 2.74 bits per heavy atom. The minimum atomic E-state index is -0.251. The number of hydrogen-bond acceptors (Lipinski definition) is 2. The molecule has 0 aromatic heterocycles. The first-order valence-electron chi connectivity index (χ1n) is 8.33. The highest BCUT2D eigenvalue weighted by Gasteiger charge is 2.36. The molecule has 1 aromatic rings. The third-order valence-corrected chi connectivity index (χ3v) is 4.82. The Morgan fingerprint density at radius 2 is 2.13 bits per heavy atom. The van der Waals surface area contributed by atoms with Gasteiger partial charge in [0.25, 0.3) is 0 Å². The normalized spacial score (nSPS) is 17.7. The summed E-state index contributed by atoms with van der Waals surface area (Å²) < 4.78 is 0. The molecular weight excluding hydrogens is 312 g/mol. The van der Waals surface area contributed by atoms with E-state index in [0.717, 1.165) is 30.6 Å². The highest BCUT2D eigenvalue weighted by atomic mass is 35.5. The van der Waals surface area contributed by atoms with Gasteiger partial charge in [0.05, 0.1) is 5.92 Å². The number of benzene rings is 1. The van der Waals surface area contributed by atoms with Crippen LogP contribution in [0.15, 0.2) is 18.2 Å². The minimum Gasteiger partial charge on any atom is -0.343 e. The molecular formula is C18H25ClN2O2. The van der Waals surface area contributed by atoms with Gasteiger partial charge in [-0.05, 0) is 38.0 Å². The SMILES string of the molecule is CCCCN(CC)C(=O)[C@H]1CC(=O)N(c2ccc(C)c(Cl)c2)C1. The van der Waals surface area contributed by atoms with Gasteiger partial charge >= 0.3 is 0 Å². The van der Waals surface area contributed by atoms with Crippen LogP contribution in [0.2, 0.25) is 5.02 Å². The van der Waals surface area contributed by atoms with Gasteiger partial charge in [0.2, 0.25) is 11.8 Å². The van der Waals surface area contributed by atoms with Crippen molar-refractivity contribution in [2.45, 2.75) is 40.0 Å². The van der Waals surface area contributed by atoms with Crippen molar-refractivity contribution >= 4 is 29.1 Å². The summed E-state index contributed by atoms with van der Waals surface area (Å²) in [6.45, 7) is 7.94. The maximum absolute atomic E-state index is 12.6. The number of hydrogen-bond donors (Lipinski definition) is 0. The molecule has 0 aliphatic carbocycles. The largest absolute Gasteiger partial charge is 0.343 e. The van der Waals surface area contributed by atoms with Crippen LogP contribution in [0, 0.1) is 12.8 Å². The molecule has 1 fully saturated rings. The summed E-state index contributed by atoms with van der Waals surface area (Å²) in [7, 11) is 0. The van der Waals surface area contributed by atoms with E-state index in [2.05, 4.69) is 6.92 Å². The highest BCUT2D eigenvalue weighted by Crippen LogP contribution is 2.29. The van der Waals surface area contributed by atoms with Crippen molar-refractivity contribution in [3.8, 4) is 0 Å². The van der Waals surface area contributed by atoms with Crippen molar-refractivity contribution in [1.82, 2.24) is 4.90 Å². The Balaban J connectivity index is 2.09. The van der Waals surface area contributed by atoms with Gasteiger partial charge in [0.1, 0.15) is 0 Å². The molecule has 23 heavy (non-hydrogen) atoms. The summed E-state index contributed by atoms with van der Waals surface area (Å²) in [5, 5.41) is 0.642. The van der Waals surface area contributed by atoms with E-state index in [0.29, 0.717) is 18.1 Å². The molecule has 0 spiro atoms. The lowest BCUT2D eigenvalue weighted by molar-refractivity contribution is -0.135. The predicted molar refractivity (Wildman–Crippen MR) is 93.8 cm³/mol. The summed E-state index contributed by atoms with van der Waals surface area (Å²) in [5.41, 5.74) is 1.75. The lowest BCUT2D eigenvalue weighted by atomic mass is 10.1. The van der Waals surface area contributed by atoms with Crippen LogP contribution in [-0.4, -0.2) is 36.3 Å². The average Bonchev–Trinajstić information content (AvgIpc) is 2.92. The summed E-state index contributed by atoms with van der Waals surface area (Å²) >= 11 is 6.16. The maximum atomic E-state index is 12.6. The van der Waals surface area contributed by atoms with E-state index in [1.54, 1.807) is 11.0 Å². The van der Waals surface area contributed by atoms with Crippen LogP contribution in [0.25, 0.3) is 0 Å². The zero-order valence-corrected chi connectivity index (χ0v) is 14.9. The van der Waals surface area contributed by atoms with Crippen LogP contribution in [0.5, 0.6) is 0 Å². The third-order valence-electron chi connectivity index (χ3n) is 4.42. The number of rotatable bonds is 6. The molecule has 2 amide bonds. The number of carbonyl (C=O) groups excluding carboxylic acids is 2. The molecule has 1 atom stereocenters. The fraction of sp³-hybridized carbons (Fsp3) is 0.556. The van der Waals surface area contributed by atoms with Crippen LogP contribution < -0.4 is 4.90 Å². The fourth-order valence-electron chi connectivity index (χ4n) is 2.90. The van der Waals surface area contributed by atoms with E-state index in [4.69, 9.17) is 11.6 Å². The first kappa shape index (κ1) is 17.8. The van der Waals surface area contributed by atoms with Gasteiger partial charge in [-0.3, -0.25) is 9.59 Å². The van der Waals surface area contributed by atoms with Crippen LogP contribution >= 0.6 is 11.6 Å². The van der Waals surface area contributed by atoms with Gasteiger partial charge in [-0.1, -0.05) is 31.0 Å². The van der Waals surface area contributed by atoms with Crippen molar-refractivity contribution in [1.29, 1.82) is 0 Å². The van der Waals surface area contributed by atoms with Gasteiger partial charge in [-0.2, -0.15) is 0 Å². The first-order valence-corrected chi connectivity index (χ1v) is 8.71. The monoisotopic (exact) mass is 336 g/mol. The summed E-state index contributed by atoms with van der Waals surface area (Å²) in [6.07, 6.45) is 2.34. The standard InChI is InChI=1S/C18H25ClN2O2/c1-4-6-9-20(5-2)18(23)14-10-17(22)21(12-14)15-8-7-13(3)16(19)11-15/h7-8,11,14H,4-6,9-10,12H2,1-3H3/t14-/m0/s1. The van der Waals surface area contributed by atoms with Crippen molar-refractivity contribution in [3.05, 3.63) is 28.8 Å². The fourth-order valence-corrected chi connectivity index (χ4v) is 3.08. The molecule has 0 saturated carbocycles. The molecule has 4 nitrogen and oxygen atoms in total. The van der Waals surface area contributed by atoms with E-state index in [1.807, 2.05) is 30.9 Å². The second-order valence-corrected chi connectivity index (χ2v) is 6.52. The number of aryl methyl sites for hydroxylation is 1. The Hall–Kier alpha value is -1.55. The molecule has 0 radical (unpaired) electrons. The molecule has 0 N–H and O–H groups in total. The second-order valence-electron chi connectivity index (χ2n) is 6.11. The van der Waals surface area contributed by atoms with Crippen molar-refractivity contribution in [2.24, 2.45) is 5.92 Å². The molecule has 1 saturated heterocycles. The lowest BCUT2D eigenvalue weighted by Gasteiger charge is -2.24. The molecule has 1 heterocycles. The number of halogens is 1. The smallest absolute Gasteiger partial charge is 0.228 e. The Morgan fingerprint density at radius 1 is 1.39 bits per heavy atom. The summed E-state index contributed by atoms with van der Waals surface area (Å²) in [4.78, 5) is 28.5. The van der Waals surface area contributed by atoms with Crippen LogP contribution in [0.1, 0.15) is 38.7 Å². The minimum absolute atomic E-state index is 0.00480. The predicted octanol–water partition coefficient (Wildman–Crippen LogP) is 3.65.